The van der Waals surface area contributed by atoms with Crippen molar-refractivity contribution >= 4 is 34.9 Å². The zero-order valence-corrected chi connectivity index (χ0v) is 14.5. The van der Waals surface area contributed by atoms with Gasteiger partial charge in [-0.15, -0.1) is 0 Å². The summed E-state index contributed by atoms with van der Waals surface area (Å²) in [6.45, 7) is 1.29. The van der Waals surface area contributed by atoms with Gasteiger partial charge in [0.15, 0.2) is 0 Å². The lowest BCUT2D eigenvalue weighted by molar-refractivity contribution is -0.185. The highest BCUT2D eigenvalue weighted by molar-refractivity contribution is 6.24. The molecule has 0 radical (unpaired) electrons. The molecule has 1 saturated heterocycles. The highest BCUT2D eigenvalue weighted by Gasteiger charge is 2.68. The minimum atomic E-state index is -5.13. The van der Waals surface area contributed by atoms with Crippen LogP contribution in [0.15, 0.2) is 54.6 Å². The van der Waals surface area contributed by atoms with Crippen LogP contribution in [0.1, 0.15) is 6.92 Å². The second kappa shape index (κ2) is 6.87. The zero-order valence-electron chi connectivity index (χ0n) is 14.5. The molecule has 1 aliphatic heterocycles. The first-order valence-corrected chi connectivity index (χ1v) is 8.08. The summed E-state index contributed by atoms with van der Waals surface area (Å²) >= 11 is 0. The number of carbonyl (C=O) groups is 3. The standard InChI is InChI=1S/C18H15F3N4O3/c1-11(26)22-12-7-9-13(10-8-12)23-17(18(19,20)21)15(27)25(16(28)24-17)14-5-3-2-4-6-14/h2-10,23H,1H3,(H,22,26)(H,24,28)/t17-/m1/s1. The van der Waals surface area contributed by atoms with Gasteiger partial charge in [0.1, 0.15) is 0 Å². The maximum atomic E-state index is 13.9. The molecule has 1 heterocycles. The van der Waals surface area contributed by atoms with Gasteiger partial charge in [-0.1, -0.05) is 18.2 Å². The van der Waals surface area contributed by atoms with Crippen molar-refractivity contribution in [2.45, 2.75) is 18.8 Å². The highest BCUT2D eigenvalue weighted by atomic mass is 19.4. The van der Waals surface area contributed by atoms with E-state index in [0.717, 1.165) is 0 Å². The number of nitrogens with one attached hydrogen (secondary N) is 3. The lowest BCUT2D eigenvalue weighted by atomic mass is 10.1. The predicted molar refractivity (Wildman–Crippen MR) is 95.6 cm³/mol. The second-order valence-electron chi connectivity index (χ2n) is 6.04. The monoisotopic (exact) mass is 392 g/mol. The molecule has 0 bridgehead atoms. The van der Waals surface area contributed by atoms with Crippen molar-refractivity contribution < 1.29 is 27.6 Å². The molecular weight excluding hydrogens is 377 g/mol. The Bertz CT molecular complexity index is 916. The number of urea groups is 1. The van der Waals surface area contributed by atoms with Gasteiger partial charge >= 0.3 is 12.2 Å². The highest BCUT2D eigenvalue weighted by Crippen LogP contribution is 2.38. The van der Waals surface area contributed by atoms with Crippen molar-refractivity contribution in [2.75, 3.05) is 15.5 Å². The maximum absolute atomic E-state index is 13.9. The van der Waals surface area contributed by atoms with Gasteiger partial charge in [-0.3, -0.25) is 14.9 Å². The Balaban J connectivity index is 1.95. The Kier molecular flexibility index (Phi) is 4.72. The molecule has 28 heavy (non-hydrogen) atoms. The zero-order chi connectivity index (χ0) is 20.5. The summed E-state index contributed by atoms with van der Waals surface area (Å²) in [5.74, 6) is -1.84. The molecule has 0 unspecified atom stereocenters. The maximum Gasteiger partial charge on any atom is 0.440 e. The Morgan fingerprint density at radius 1 is 1.00 bits per heavy atom. The van der Waals surface area contributed by atoms with E-state index in [4.69, 9.17) is 0 Å². The van der Waals surface area contributed by atoms with E-state index < -0.39 is 23.8 Å². The third-order valence-electron chi connectivity index (χ3n) is 4.00. The normalized spacial score (nSPS) is 19.4. The Morgan fingerprint density at radius 3 is 2.11 bits per heavy atom. The van der Waals surface area contributed by atoms with E-state index in [2.05, 4.69) is 10.6 Å². The Hall–Kier alpha value is -3.56. The fourth-order valence-corrected chi connectivity index (χ4v) is 2.75. The molecule has 146 valence electrons. The van der Waals surface area contributed by atoms with Gasteiger partial charge in [0.25, 0.3) is 11.6 Å². The minimum Gasteiger partial charge on any atom is -0.347 e. The molecule has 0 aliphatic carbocycles. The van der Waals surface area contributed by atoms with Crippen LogP contribution in [0.4, 0.5) is 35.0 Å². The average Bonchev–Trinajstić information content (AvgIpc) is 2.88. The lowest BCUT2D eigenvalue weighted by Crippen LogP contribution is -2.64. The van der Waals surface area contributed by atoms with E-state index in [0.29, 0.717) is 10.6 Å². The summed E-state index contributed by atoms with van der Waals surface area (Å²) in [7, 11) is 0. The summed E-state index contributed by atoms with van der Waals surface area (Å²) in [6, 6.07) is 11.3. The molecule has 2 aromatic carbocycles. The molecule has 0 aromatic heterocycles. The van der Waals surface area contributed by atoms with Crippen LogP contribution in [0.25, 0.3) is 0 Å². The Morgan fingerprint density at radius 2 is 1.57 bits per heavy atom. The topological polar surface area (TPSA) is 90.5 Å². The van der Waals surface area contributed by atoms with Crippen LogP contribution >= 0.6 is 0 Å². The van der Waals surface area contributed by atoms with Crippen LogP contribution in [0, 0.1) is 0 Å². The number of para-hydroxylation sites is 1. The summed E-state index contributed by atoms with van der Waals surface area (Å²) in [4.78, 5) is 36.4. The summed E-state index contributed by atoms with van der Waals surface area (Å²) in [6.07, 6.45) is -5.13. The van der Waals surface area contributed by atoms with Crippen molar-refractivity contribution in [3.05, 3.63) is 54.6 Å². The number of rotatable bonds is 4. The molecule has 2 aromatic rings. The van der Waals surface area contributed by atoms with Crippen molar-refractivity contribution in [2.24, 2.45) is 0 Å². The summed E-state index contributed by atoms with van der Waals surface area (Å²) in [5.41, 5.74) is -3.02. The van der Waals surface area contributed by atoms with Gasteiger partial charge in [-0.05, 0) is 36.4 Å². The molecule has 1 atom stereocenters. The molecule has 3 rings (SSSR count). The fraction of sp³-hybridized carbons (Fsp3) is 0.167. The molecule has 0 spiro atoms. The van der Waals surface area contributed by atoms with Gasteiger partial charge in [0.2, 0.25) is 5.91 Å². The molecule has 1 aliphatic rings. The van der Waals surface area contributed by atoms with Crippen LogP contribution in [0.3, 0.4) is 0 Å². The number of imide groups is 1. The van der Waals surface area contributed by atoms with E-state index in [-0.39, 0.29) is 17.3 Å². The number of nitrogens with zero attached hydrogens (tertiary/aromatic N) is 1. The SMILES string of the molecule is CC(=O)Nc1ccc(N[C@@]2(C(F)(F)F)NC(=O)N(c3ccccc3)C2=O)cc1. The first kappa shape index (κ1) is 19.2. The van der Waals surface area contributed by atoms with Crippen molar-refractivity contribution in [3.8, 4) is 0 Å². The predicted octanol–water partition coefficient (Wildman–Crippen LogP) is 3.07. The van der Waals surface area contributed by atoms with Crippen molar-refractivity contribution in [3.63, 3.8) is 0 Å². The number of amides is 4. The average molecular weight is 392 g/mol. The van der Waals surface area contributed by atoms with Crippen molar-refractivity contribution in [1.82, 2.24) is 5.32 Å². The third-order valence-corrected chi connectivity index (χ3v) is 4.00. The molecule has 7 nitrogen and oxygen atoms in total. The van der Waals surface area contributed by atoms with Crippen LogP contribution < -0.4 is 20.9 Å². The summed E-state index contributed by atoms with van der Waals surface area (Å²) < 4.78 is 41.7. The van der Waals surface area contributed by atoms with Gasteiger partial charge in [0, 0.05) is 18.3 Å². The number of hydrogen-bond donors (Lipinski definition) is 3. The quantitative estimate of drug-likeness (QED) is 0.698. The number of hydrogen-bond acceptors (Lipinski definition) is 4. The van der Waals surface area contributed by atoms with Crippen LogP contribution in [-0.2, 0) is 9.59 Å². The largest absolute Gasteiger partial charge is 0.440 e. The van der Waals surface area contributed by atoms with Crippen molar-refractivity contribution in [1.29, 1.82) is 0 Å². The molecule has 4 amide bonds. The molecule has 10 heteroatoms. The smallest absolute Gasteiger partial charge is 0.347 e. The van der Waals surface area contributed by atoms with E-state index >= 15 is 0 Å². The number of halogens is 3. The van der Waals surface area contributed by atoms with Crippen LogP contribution in [0.2, 0.25) is 0 Å². The van der Waals surface area contributed by atoms with E-state index in [1.807, 2.05) is 0 Å². The second-order valence-corrected chi connectivity index (χ2v) is 6.04. The number of benzene rings is 2. The first-order valence-electron chi connectivity index (χ1n) is 8.08. The fourth-order valence-electron chi connectivity index (χ4n) is 2.75. The molecule has 1 fully saturated rings. The Labute approximate surface area is 157 Å². The lowest BCUT2D eigenvalue weighted by Gasteiger charge is -2.30. The number of carbonyl (C=O) groups excluding carboxylic acids is 3. The number of alkyl halides is 3. The van der Waals surface area contributed by atoms with E-state index in [1.165, 1.54) is 55.5 Å². The minimum absolute atomic E-state index is 0.0129. The molecular formula is C18H15F3N4O3. The summed E-state index contributed by atoms with van der Waals surface area (Å²) in [5, 5.41) is 6.30. The van der Waals surface area contributed by atoms with E-state index in [1.54, 1.807) is 11.4 Å². The van der Waals surface area contributed by atoms with Crippen LogP contribution in [-0.4, -0.2) is 29.7 Å². The van der Waals surface area contributed by atoms with Gasteiger partial charge in [-0.2, -0.15) is 13.2 Å². The molecule has 0 saturated carbocycles. The van der Waals surface area contributed by atoms with Crippen LogP contribution in [0.5, 0.6) is 0 Å². The van der Waals surface area contributed by atoms with Gasteiger partial charge in [0.05, 0.1) is 5.69 Å². The number of anilines is 3. The van der Waals surface area contributed by atoms with Gasteiger partial charge in [-0.25, -0.2) is 9.69 Å². The molecule has 3 N–H and O–H groups in total. The first-order chi connectivity index (χ1) is 13.1. The van der Waals surface area contributed by atoms with E-state index in [9.17, 15) is 27.6 Å². The third kappa shape index (κ3) is 3.36. The van der Waals surface area contributed by atoms with Gasteiger partial charge < -0.3 is 10.6 Å².